The molecular formula is C35H62F12O19. The van der Waals surface area contributed by atoms with E-state index >= 15 is 0 Å². The Bertz CT molecular complexity index is 1130. The average molecular weight is 1010 g/mol. The molecule has 66 heavy (non-hydrogen) atoms. The van der Waals surface area contributed by atoms with Crippen LogP contribution in [-0.4, -0.2) is 223 Å². The SMILES string of the molecule is OCCCCCCCC(O)COCC(F)(F)OC(F)(F)OC(F)(F)COCCOCC(O)COCCO.OCCOCCOCC(F)(F)OC(F)(F)OC(F)(F)COCC(O)COCCO. The maximum atomic E-state index is 13.6. The highest BCUT2D eigenvalue weighted by molar-refractivity contribution is 4.61. The third-order valence-electron chi connectivity index (χ3n) is 6.85. The number of halogens is 12. The van der Waals surface area contributed by atoms with Crippen molar-refractivity contribution in [1.29, 1.82) is 0 Å². The molecule has 0 aromatic heterocycles. The van der Waals surface area contributed by atoms with E-state index in [1.165, 1.54) is 0 Å². The van der Waals surface area contributed by atoms with Crippen LogP contribution in [0.2, 0.25) is 0 Å². The number of hydrogen-bond acceptors (Lipinski definition) is 19. The second-order valence-electron chi connectivity index (χ2n) is 13.3. The highest BCUT2D eigenvalue weighted by atomic mass is 19.3. The van der Waals surface area contributed by atoms with Crippen LogP contribution in [0.1, 0.15) is 38.5 Å². The van der Waals surface area contributed by atoms with Crippen LogP contribution in [0.5, 0.6) is 0 Å². The van der Waals surface area contributed by atoms with Gasteiger partial charge in [0.1, 0.15) is 38.6 Å². The van der Waals surface area contributed by atoms with E-state index in [1.807, 2.05) is 0 Å². The molecule has 19 nitrogen and oxygen atoms in total. The van der Waals surface area contributed by atoms with Gasteiger partial charge in [-0.1, -0.05) is 25.7 Å². The predicted octanol–water partition coefficient (Wildman–Crippen LogP) is 2.04. The van der Waals surface area contributed by atoms with Gasteiger partial charge in [-0.05, 0) is 12.8 Å². The van der Waals surface area contributed by atoms with E-state index in [0.29, 0.717) is 12.8 Å². The van der Waals surface area contributed by atoms with Crippen molar-refractivity contribution in [3.8, 4) is 0 Å². The topological polar surface area (TPSA) is 252 Å². The minimum Gasteiger partial charge on any atom is -0.396 e. The molecule has 7 N–H and O–H groups in total. The zero-order valence-electron chi connectivity index (χ0n) is 35.7. The first-order valence-electron chi connectivity index (χ1n) is 19.9. The largest absolute Gasteiger partial charge is 0.495 e. The molecule has 0 bridgehead atoms. The van der Waals surface area contributed by atoms with Crippen LogP contribution < -0.4 is 0 Å². The molecule has 0 aliphatic heterocycles. The van der Waals surface area contributed by atoms with E-state index in [-0.39, 0.29) is 85.7 Å². The van der Waals surface area contributed by atoms with Crippen molar-refractivity contribution in [2.24, 2.45) is 0 Å². The summed E-state index contributed by atoms with van der Waals surface area (Å²) in [5.41, 5.74) is 0. The van der Waals surface area contributed by atoms with Crippen molar-refractivity contribution >= 4 is 0 Å². The highest BCUT2D eigenvalue weighted by Gasteiger charge is 2.53. The van der Waals surface area contributed by atoms with Crippen molar-refractivity contribution in [3.63, 3.8) is 0 Å². The van der Waals surface area contributed by atoms with Crippen molar-refractivity contribution in [2.75, 3.05) is 132 Å². The first-order valence-corrected chi connectivity index (χ1v) is 19.9. The maximum absolute atomic E-state index is 13.6. The molecule has 0 heterocycles. The summed E-state index contributed by atoms with van der Waals surface area (Å²) in [6.45, 7) is -11.7. The van der Waals surface area contributed by atoms with Gasteiger partial charge >= 0.3 is 37.0 Å². The fraction of sp³-hybridized carbons (Fsp3) is 1.00. The molecule has 0 saturated heterocycles. The third kappa shape index (κ3) is 43.7. The van der Waals surface area contributed by atoms with Gasteiger partial charge in [0, 0.05) is 6.61 Å². The van der Waals surface area contributed by atoms with E-state index in [9.17, 15) is 68.0 Å². The van der Waals surface area contributed by atoms with E-state index in [0.717, 1.165) is 19.3 Å². The predicted molar refractivity (Wildman–Crippen MR) is 195 cm³/mol. The van der Waals surface area contributed by atoms with Crippen LogP contribution in [0.3, 0.4) is 0 Å². The smallest absolute Gasteiger partial charge is 0.396 e. The van der Waals surface area contributed by atoms with Crippen molar-refractivity contribution in [3.05, 3.63) is 0 Å². The number of ether oxygens (including phenoxy) is 12. The third-order valence-corrected chi connectivity index (χ3v) is 6.85. The Balaban J connectivity index is 0. The number of rotatable bonds is 45. The Morgan fingerprint density at radius 3 is 0.985 bits per heavy atom. The van der Waals surface area contributed by atoms with Gasteiger partial charge in [-0.15, -0.1) is 17.6 Å². The van der Waals surface area contributed by atoms with Crippen molar-refractivity contribution in [2.45, 2.75) is 93.9 Å². The van der Waals surface area contributed by atoms with Gasteiger partial charge in [-0.3, -0.25) is 0 Å². The Kier molecular flexibility index (Phi) is 37.5. The molecule has 0 saturated carbocycles. The standard InChI is InChI=1S/C21H38F6O10.C14H24F6O9/c22-19(23,15-34-11-10-33-14-18(31)13-32-9-8-29)36-21(26,27)37-20(24,25)16-35-12-17(30)6-4-2-1-3-5-7-28;15-12(16,9-26-6-5-24-3-1-21)28-14(19,20)29-13(17,18)10-27-8-11(23)7-25-4-2-22/h17-18,28-31H,1-16H2;11,21-23H,1-10H2. The summed E-state index contributed by atoms with van der Waals surface area (Å²) < 4.78 is 209. The lowest BCUT2D eigenvalue weighted by Gasteiger charge is -2.26. The fourth-order valence-electron chi connectivity index (χ4n) is 4.26. The number of alkyl halides is 12. The Hall–Kier alpha value is -1.60. The average Bonchev–Trinajstić information content (AvgIpc) is 3.17. The van der Waals surface area contributed by atoms with Gasteiger partial charge < -0.3 is 73.6 Å². The Labute approximate surface area is 371 Å². The molecular weight excluding hydrogens is 952 g/mol. The first kappa shape index (κ1) is 66.5. The molecule has 0 fully saturated rings. The number of hydrogen-bond donors (Lipinski definition) is 7. The van der Waals surface area contributed by atoms with Crippen molar-refractivity contribution in [1.82, 2.24) is 0 Å². The summed E-state index contributed by atoms with van der Waals surface area (Å²) in [6.07, 6.45) is -29.4. The van der Waals surface area contributed by atoms with E-state index in [4.69, 9.17) is 29.9 Å². The van der Waals surface area contributed by atoms with Crippen LogP contribution in [0.25, 0.3) is 0 Å². The monoisotopic (exact) mass is 1010 g/mol. The maximum Gasteiger partial charge on any atom is 0.495 e. The van der Waals surface area contributed by atoms with E-state index in [1.54, 1.807) is 0 Å². The molecule has 31 heteroatoms. The fourth-order valence-corrected chi connectivity index (χ4v) is 4.26. The molecule has 0 spiro atoms. The zero-order valence-corrected chi connectivity index (χ0v) is 35.7. The Morgan fingerprint density at radius 2 is 0.591 bits per heavy atom. The summed E-state index contributed by atoms with van der Waals surface area (Å²) in [4.78, 5) is 0. The molecule has 0 radical (unpaired) electrons. The normalized spacial score (nSPS) is 14.6. The van der Waals surface area contributed by atoms with Gasteiger partial charge in [0.15, 0.2) is 0 Å². The summed E-state index contributed by atoms with van der Waals surface area (Å²) in [5.74, 6) is 0. The number of aliphatic hydroxyl groups excluding tert-OH is 7. The molecule has 0 amide bonds. The van der Waals surface area contributed by atoms with Gasteiger partial charge in [0.2, 0.25) is 0 Å². The molecule has 0 aliphatic rings. The lowest BCUT2D eigenvalue weighted by atomic mass is 10.1. The second kappa shape index (κ2) is 37.3. The van der Waals surface area contributed by atoms with E-state index in [2.05, 4.69) is 47.4 Å². The van der Waals surface area contributed by atoms with E-state index < -0.39 is 108 Å². The lowest BCUT2D eigenvalue weighted by molar-refractivity contribution is -0.519. The Morgan fingerprint density at radius 1 is 0.303 bits per heavy atom. The zero-order chi connectivity index (χ0) is 50.6. The molecule has 0 aromatic carbocycles. The molecule has 0 rings (SSSR count). The number of unbranched alkanes of at least 4 members (excludes halogenated alkanes) is 4. The number of aliphatic hydroxyl groups is 7. The molecule has 3 atom stereocenters. The van der Waals surface area contributed by atoms with Gasteiger partial charge in [0.25, 0.3) is 0 Å². The molecule has 0 aliphatic carbocycles. The summed E-state index contributed by atoms with van der Waals surface area (Å²) in [5, 5.41) is 62.4. The summed E-state index contributed by atoms with van der Waals surface area (Å²) in [7, 11) is 0. The van der Waals surface area contributed by atoms with Crippen LogP contribution in [0.15, 0.2) is 0 Å². The van der Waals surface area contributed by atoms with Gasteiger partial charge in [-0.2, -0.15) is 35.1 Å². The van der Waals surface area contributed by atoms with Crippen LogP contribution >= 0.6 is 0 Å². The second-order valence-corrected chi connectivity index (χ2v) is 13.3. The summed E-state index contributed by atoms with van der Waals surface area (Å²) in [6, 6.07) is 0. The minimum absolute atomic E-state index is 0.000534. The summed E-state index contributed by atoms with van der Waals surface area (Å²) >= 11 is 0. The van der Waals surface area contributed by atoms with Crippen molar-refractivity contribution < 1.29 is 145 Å². The van der Waals surface area contributed by atoms with Gasteiger partial charge in [0.05, 0.1) is 105 Å². The van der Waals surface area contributed by atoms with Crippen LogP contribution in [-0.2, 0) is 56.8 Å². The first-order chi connectivity index (χ1) is 30.8. The highest BCUT2D eigenvalue weighted by Crippen LogP contribution is 2.35. The quantitative estimate of drug-likeness (QED) is 0.0262. The lowest BCUT2D eigenvalue weighted by Crippen LogP contribution is -2.44. The van der Waals surface area contributed by atoms with Crippen LogP contribution in [0.4, 0.5) is 52.7 Å². The molecule has 3 unspecified atom stereocenters. The molecule has 0 aromatic rings. The van der Waals surface area contributed by atoms with Crippen LogP contribution in [0, 0.1) is 0 Å². The minimum atomic E-state index is -5.40. The molecule has 400 valence electrons. The van der Waals surface area contributed by atoms with Gasteiger partial charge in [-0.25, -0.2) is 18.9 Å².